The summed E-state index contributed by atoms with van der Waals surface area (Å²) in [6.45, 7) is 1.89. The molecule has 2 aromatic heterocycles. The molecule has 0 saturated heterocycles. The Labute approximate surface area is 201 Å². The molecule has 3 aromatic carbocycles. The summed E-state index contributed by atoms with van der Waals surface area (Å²) in [4.78, 5) is 21.4. The third-order valence-corrected chi connectivity index (χ3v) is 5.55. The molecule has 0 saturated carbocycles. The van der Waals surface area contributed by atoms with Gasteiger partial charge < -0.3 is 16.0 Å². The van der Waals surface area contributed by atoms with Gasteiger partial charge in [0.05, 0.1) is 5.52 Å². The van der Waals surface area contributed by atoms with Crippen LogP contribution in [-0.4, -0.2) is 15.9 Å². The monoisotopic (exact) mass is 463 g/mol. The van der Waals surface area contributed by atoms with Gasteiger partial charge in [0, 0.05) is 58.0 Å². The van der Waals surface area contributed by atoms with Crippen molar-refractivity contribution in [3.8, 4) is 0 Å². The van der Waals surface area contributed by atoms with Gasteiger partial charge in [-0.25, -0.2) is 4.39 Å². The molecule has 0 bridgehead atoms. The predicted molar refractivity (Wildman–Crippen MR) is 138 cm³/mol. The molecule has 0 atom stereocenters. The summed E-state index contributed by atoms with van der Waals surface area (Å²) in [7, 11) is 0. The molecule has 5 aromatic rings. The number of nitrogens with one attached hydrogen (secondary N) is 3. The first kappa shape index (κ1) is 22.0. The van der Waals surface area contributed by atoms with Crippen LogP contribution in [0.3, 0.4) is 0 Å². The highest BCUT2D eigenvalue weighted by atomic mass is 19.1. The van der Waals surface area contributed by atoms with Gasteiger partial charge in [-0.1, -0.05) is 12.1 Å². The Balaban J connectivity index is 1.36. The molecule has 0 aliphatic rings. The maximum atomic E-state index is 13.8. The third kappa shape index (κ3) is 5.09. The van der Waals surface area contributed by atoms with E-state index in [0.29, 0.717) is 33.5 Å². The summed E-state index contributed by atoms with van der Waals surface area (Å²) in [5, 5.41) is 10.2. The molecule has 3 N–H and O–H groups in total. The number of hydrogen-bond donors (Lipinski definition) is 3. The number of rotatable bonds is 6. The molecule has 2 heterocycles. The highest BCUT2D eigenvalue weighted by Crippen LogP contribution is 2.27. The van der Waals surface area contributed by atoms with Gasteiger partial charge in [0.15, 0.2) is 0 Å². The summed E-state index contributed by atoms with van der Waals surface area (Å²) in [5.41, 5.74) is 5.89. The number of aromatic nitrogens is 2. The van der Waals surface area contributed by atoms with Crippen molar-refractivity contribution in [3.05, 3.63) is 114 Å². The minimum atomic E-state index is -0.335. The lowest BCUT2D eigenvalue weighted by Crippen LogP contribution is -2.13. The summed E-state index contributed by atoms with van der Waals surface area (Å²) >= 11 is 0. The van der Waals surface area contributed by atoms with Crippen LogP contribution in [0.15, 0.2) is 97.5 Å². The molecule has 0 aliphatic heterocycles. The Bertz CT molecular complexity index is 1520. The van der Waals surface area contributed by atoms with Crippen molar-refractivity contribution in [2.75, 3.05) is 16.0 Å². The number of aryl methyl sites for hydroxylation is 1. The van der Waals surface area contributed by atoms with Gasteiger partial charge in [-0.2, -0.15) is 0 Å². The number of carbonyl (C=O) groups is 1. The van der Waals surface area contributed by atoms with E-state index in [1.807, 2.05) is 55.5 Å². The van der Waals surface area contributed by atoms with E-state index in [0.717, 1.165) is 16.9 Å². The Hall–Kier alpha value is -4.78. The van der Waals surface area contributed by atoms with Gasteiger partial charge in [0.25, 0.3) is 5.91 Å². The number of fused-ring (bicyclic) bond motifs is 1. The number of benzene rings is 3. The van der Waals surface area contributed by atoms with Crippen LogP contribution < -0.4 is 16.0 Å². The fourth-order valence-electron chi connectivity index (χ4n) is 3.80. The van der Waals surface area contributed by atoms with Crippen LogP contribution in [0.25, 0.3) is 10.9 Å². The van der Waals surface area contributed by atoms with Gasteiger partial charge in [0.1, 0.15) is 5.82 Å². The molecular formula is C28H22FN5O. The summed E-state index contributed by atoms with van der Waals surface area (Å²) in [6.07, 6.45) is 5.09. The fraction of sp³-hybridized carbons (Fsp3) is 0.0357. The largest absolute Gasteiger partial charge is 0.355 e. The van der Waals surface area contributed by atoms with E-state index >= 15 is 0 Å². The SMILES string of the molecule is Cc1ccc(Nc2ccnc3ccc(F)cc23)cc1C(=O)Nc1cccc(Nc2ccncc2)c1. The van der Waals surface area contributed by atoms with Crippen molar-refractivity contribution >= 4 is 45.2 Å². The van der Waals surface area contributed by atoms with Crippen LogP contribution in [0.1, 0.15) is 15.9 Å². The van der Waals surface area contributed by atoms with Gasteiger partial charge >= 0.3 is 0 Å². The number of hydrogen-bond acceptors (Lipinski definition) is 5. The Morgan fingerprint density at radius 2 is 1.57 bits per heavy atom. The molecule has 5 rings (SSSR count). The number of amides is 1. The van der Waals surface area contributed by atoms with Crippen molar-refractivity contribution in [3.63, 3.8) is 0 Å². The maximum Gasteiger partial charge on any atom is 0.256 e. The Kier molecular flexibility index (Phi) is 6.05. The predicted octanol–water partition coefficient (Wildman–Crippen LogP) is 6.82. The number of pyridine rings is 2. The fourth-order valence-corrected chi connectivity index (χ4v) is 3.80. The Morgan fingerprint density at radius 3 is 2.43 bits per heavy atom. The van der Waals surface area contributed by atoms with Crippen molar-refractivity contribution in [1.82, 2.24) is 9.97 Å². The molecule has 0 spiro atoms. The second kappa shape index (κ2) is 9.61. The van der Waals surface area contributed by atoms with Crippen molar-refractivity contribution in [2.45, 2.75) is 6.92 Å². The molecule has 0 radical (unpaired) electrons. The van der Waals surface area contributed by atoms with Crippen LogP contribution in [0.5, 0.6) is 0 Å². The normalized spacial score (nSPS) is 10.7. The lowest BCUT2D eigenvalue weighted by Gasteiger charge is -2.13. The number of nitrogens with zero attached hydrogens (tertiary/aromatic N) is 2. The quantitative estimate of drug-likeness (QED) is 0.258. The minimum Gasteiger partial charge on any atom is -0.355 e. The zero-order valence-corrected chi connectivity index (χ0v) is 18.9. The maximum absolute atomic E-state index is 13.8. The van der Waals surface area contributed by atoms with E-state index in [1.54, 1.807) is 36.8 Å². The number of halogens is 1. The zero-order valence-electron chi connectivity index (χ0n) is 18.9. The topological polar surface area (TPSA) is 78.9 Å². The summed E-state index contributed by atoms with van der Waals surface area (Å²) in [6, 6.07) is 23.0. The minimum absolute atomic E-state index is 0.224. The lowest BCUT2D eigenvalue weighted by atomic mass is 10.1. The smallest absolute Gasteiger partial charge is 0.256 e. The van der Waals surface area contributed by atoms with E-state index in [9.17, 15) is 9.18 Å². The molecule has 1 amide bonds. The second-order valence-electron chi connectivity index (χ2n) is 8.07. The molecule has 6 nitrogen and oxygen atoms in total. The van der Waals surface area contributed by atoms with Crippen molar-refractivity contribution in [1.29, 1.82) is 0 Å². The Morgan fingerprint density at radius 1 is 0.771 bits per heavy atom. The van der Waals surface area contributed by atoms with E-state index < -0.39 is 0 Å². The standard InChI is InChI=1S/C28H22FN5O/c1-18-5-7-23(33-27-11-14-31-26-8-6-19(29)15-25(26)27)17-24(18)28(35)34-22-4-2-3-21(16-22)32-20-9-12-30-13-10-20/h2-17H,1H3,(H,30,32)(H,31,33)(H,34,35). The summed E-state index contributed by atoms with van der Waals surface area (Å²) in [5.74, 6) is -0.559. The molecule has 172 valence electrons. The van der Waals surface area contributed by atoms with E-state index in [4.69, 9.17) is 0 Å². The first-order valence-corrected chi connectivity index (χ1v) is 11.1. The number of carbonyl (C=O) groups excluding carboxylic acids is 1. The van der Waals surface area contributed by atoms with Crippen molar-refractivity contribution in [2.24, 2.45) is 0 Å². The molecular weight excluding hydrogens is 441 g/mol. The van der Waals surface area contributed by atoms with Gasteiger partial charge in [-0.05, 0) is 79.2 Å². The van der Waals surface area contributed by atoms with E-state index in [-0.39, 0.29) is 11.7 Å². The van der Waals surface area contributed by atoms with E-state index in [1.165, 1.54) is 12.1 Å². The number of anilines is 5. The zero-order chi connectivity index (χ0) is 24.2. The van der Waals surface area contributed by atoms with Gasteiger partial charge in [-0.3, -0.25) is 14.8 Å². The van der Waals surface area contributed by atoms with E-state index in [2.05, 4.69) is 25.9 Å². The molecule has 35 heavy (non-hydrogen) atoms. The van der Waals surface area contributed by atoms with Crippen LogP contribution in [0.4, 0.5) is 32.8 Å². The van der Waals surface area contributed by atoms with Crippen LogP contribution in [-0.2, 0) is 0 Å². The van der Waals surface area contributed by atoms with Gasteiger partial charge in [-0.15, -0.1) is 0 Å². The van der Waals surface area contributed by atoms with Crippen LogP contribution in [0, 0.1) is 12.7 Å². The summed E-state index contributed by atoms with van der Waals surface area (Å²) < 4.78 is 13.8. The first-order valence-electron chi connectivity index (χ1n) is 11.1. The molecule has 0 fully saturated rings. The van der Waals surface area contributed by atoms with Crippen molar-refractivity contribution < 1.29 is 9.18 Å². The van der Waals surface area contributed by atoms with Gasteiger partial charge in [0.2, 0.25) is 0 Å². The molecule has 0 unspecified atom stereocenters. The van der Waals surface area contributed by atoms with Crippen LogP contribution in [0.2, 0.25) is 0 Å². The third-order valence-electron chi connectivity index (χ3n) is 5.55. The first-order chi connectivity index (χ1) is 17.0. The average molecular weight is 464 g/mol. The lowest BCUT2D eigenvalue weighted by molar-refractivity contribution is 0.102. The molecule has 0 aliphatic carbocycles. The average Bonchev–Trinajstić information content (AvgIpc) is 2.86. The highest BCUT2D eigenvalue weighted by molar-refractivity contribution is 6.06. The highest BCUT2D eigenvalue weighted by Gasteiger charge is 2.12. The molecule has 7 heteroatoms. The second-order valence-corrected chi connectivity index (χ2v) is 8.07. The van der Waals surface area contributed by atoms with Crippen LogP contribution >= 0.6 is 0 Å².